The summed E-state index contributed by atoms with van der Waals surface area (Å²) in [6.45, 7) is 7.59. The summed E-state index contributed by atoms with van der Waals surface area (Å²) in [5, 5.41) is 27.9. The first kappa shape index (κ1) is 25.3. The van der Waals surface area contributed by atoms with E-state index in [0.717, 1.165) is 65.2 Å². The highest BCUT2D eigenvalue weighted by Gasteiger charge is 2.16. The SMILES string of the molecule is Oc1c(Cl)cc(Cl)cc1NCCCN1CCN(CCCNc2cc(Cl)cc(Cl)c2O)CC1. The van der Waals surface area contributed by atoms with Crippen LogP contribution in [0.25, 0.3) is 0 Å². The Labute approximate surface area is 209 Å². The van der Waals surface area contributed by atoms with Crippen LogP contribution in [0.4, 0.5) is 11.4 Å². The summed E-state index contributed by atoms with van der Waals surface area (Å²) >= 11 is 23.9. The van der Waals surface area contributed by atoms with Crippen LogP contribution in [0.1, 0.15) is 12.8 Å². The number of aromatic hydroxyl groups is 2. The number of hydrogen-bond donors (Lipinski definition) is 4. The van der Waals surface area contributed by atoms with Gasteiger partial charge in [-0.3, -0.25) is 0 Å². The lowest BCUT2D eigenvalue weighted by atomic mass is 10.2. The van der Waals surface area contributed by atoms with Gasteiger partial charge in [-0.25, -0.2) is 0 Å². The predicted octanol–water partition coefficient (Wildman–Crippen LogP) is 5.63. The van der Waals surface area contributed by atoms with Crippen molar-refractivity contribution in [2.75, 3.05) is 63.0 Å². The first-order valence-electron chi connectivity index (χ1n) is 10.6. The maximum absolute atomic E-state index is 9.99. The molecule has 1 fully saturated rings. The van der Waals surface area contributed by atoms with Crippen LogP contribution in [-0.2, 0) is 0 Å². The molecule has 0 aromatic heterocycles. The van der Waals surface area contributed by atoms with Gasteiger partial charge in [0.05, 0.1) is 21.4 Å². The molecule has 1 heterocycles. The molecular formula is C22H28Cl4N4O2. The summed E-state index contributed by atoms with van der Waals surface area (Å²) in [6.07, 6.45) is 1.92. The highest BCUT2D eigenvalue weighted by Crippen LogP contribution is 2.35. The zero-order chi connectivity index (χ0) is 23.1. The van der Waals surface area contributed by atoms with E-state index in [1.807, 2.05) is 0 Å². The monoisotopic (exact) mass is 520 g/mol. The van der Waals surface area contributed by atoms with Crippen molar-refractivity contribution in [2.24, 2.45) is 0 Å². The summed E-state index contributed by atoms with van der Waals surface area (Å²) in [7, 11) is 0. The van der Waals surface area contributed by atoms with Crippen LogP contribution in [-0.4, -0.2) is 72.4 Å². The lowest BCUT2D eigenvalue weighted by Crippen LogP contribution is -2.47. The maximum Gasteiger partial charge on any atom is 0.157 e. The standard InChI is InChI=1S/C22H28Cl4N4O2/c23-15-11-17(25)21(31)19(13-15)27-3-1-5-29-7-9-30(10-8-29)6-2-4-28-20-14-16(24)12-18(26)22(20)32/h11-14,27-28,31-32H,1-10H2. The molecule has 4 N–H and O–H groups in total. The molecule has 0 unspecified atom stereocenters. The van der Waals surface area contributed by atoms with Gasteiger partial charge in [-0.1, -0.05) is 46.4 Å². The van der Waals surface area contributed by atoms with Gasteiger partial charge in [-0.2, -0.15) is 0 Å². The number of halogens is 4. The molecule has 0 bridgehead atoms. The number of phenols is 2. The molecule has 1 aliphatic heterocycles. The maximum atomic E-state index is 9.99. The fourth-order valence-electron chi connectivity index (χ4n) is 3.69. The van der Waals surface area contributed by atoms with Crippen molar-refractivity contribution in [1.82, 2.24) is 9.80 Å². The van der Waals surface area contributed by atoms with E-state index in [1.165, 1.54) is 12.1 Å². The first-order valence-corrected chi connectivity index (χ1v) is 12.1. The Morgan fingerprint density at radius 2 is 1.03 bits per heavy atom. The minimum Gasteiger partial charge on any atom is -0.504 e. The Hall–Kier alpha value is -1.28. The van der Waals surface area contributed by atoms with Crippen molar-refractivity contribution >= 4 is 57.8 Å². The van der Waals surface area contributed by atoms with Crippen LogP contribution in [0.15, 0.2) is 24.3 Å². The molecule has 32 heavy (non-hydrogen) atoms. The van der Waals surface area contributed by atoms with E-state index in [1.54, 1.807) is 12.1 Å². The topological polar surface area (TPSA) is 71.0 Å². The zero-order valence-electron chi connectivity index (χ0n) is 17.7. The van der Waals surface area contributed by atoms with E-state index in [0.29, 0.717) is 21.4 Å². The van der Waals surface area contributed by atoms with Crippen molar-refractivity contribution in [3.8, 4) is 11.5 Å². The van der Waals surface area contributed by atoms with Gasteiger partial charge in [0.1, 0.15) is 0 Å². The number of nitrogens with one attached hydrogen (secondary N) is 2. The molecule has 0 radical (unpaired) electrons. The molecule has 0 saturated carbocycles. The molecule has 0 spiro atoms. The number of phenolic OH excluding ortho intramolecular Hbond substituents is 2. The quantitative estimate of drug-likeness (QED) is 0.240. The molecule has 6 nitrogen and oxygen atoms in total. The number of benzene rings is 2. The van der Waals surface area contributed by atoms with E-state index in [9.17, 15) is 10.2 Å². The van der Waals surface area contributed by atoms with Gasteiger partial charge in [0, 0.05) is 49.3 Å². The molecule has 3 rings (SSSR count). The predicted molar refractivity (Wildman–Crippen MR) is 135 cm³/mol. The average molecular weight is 522 g/mol. The third-order valence-electron chi connectivity index (χ3n) is 5.45. The Morgan fingerprint density at radius 1 is 0.656 bits per heavy atom. The van der Waals surface area contributed by atoms with E-state index in [-0.39, 0.29) is 21.5 Å². The third kappa shape index (κ3) is 7.37. The van der Waals surface area contributed by atoms with Gasteiger partial charge < -0.3 is 30.6 Å². The molecule has 2 aromatic rings. The van der Waals surface area contributed by atoms with Crippen LogP contribution in [0, 0.1) is 0 Å². The Bertz CT molecular complexity index is 834. The van der Waals surface area contributed by atoms with Crippen LogP contribution < -0.4 is 10.6 Å². The van der Waals surface area contributed by atoms with Crippen LogP contribution in [0.2, 0.25) is 20.1 Å². The van der Waals surface area contributed by atoms with Crippen LogP contribution >= 0.6 is 46.4 Å². The molecule has 176 valence electrons. The van der Waals surface area contributed by atoms with Gasteiger partial charge in [-0.05, 0) is 50.2 Å². The molecule has 10 heteroatoms. The molecule has 0 atom stereocenters. The second kappa shape index (κ2) is 12.3. The molecule has 2 aromatic carbocycles. The molecule has 0 aliphatic carbocycles. The molecule has 0 amide bonds. The third-order valence-corrected chi connectivity index (χ3v) is 6.47. The summed E-state index contributed by atoms with van der Waals surface area (Å²) < 4.78 is 0. The Morgan fingerprint density at radius 3 is 1.41 bits per heavy atom. The minimum atomic E-state index is 0.0350. The van der Waals surface area contributed by atoms with Crippen LogP contribution in [0.3, 0.4) is 0 Å². The molecule has 1 aliphatic rings. The number of hydrogen-bond acceptors (Lipinski definition) is 6. The van der Waals surface area contributed by atoms with Gasteiger partial charge in [-0.15, -0.1) is 0 Å². The number of rotatable bonds is 10. The highest BCUT2D eigenvalue weighted by molar-refractivity contribution is 6.36. The average Bonchev–Trinajstić information content (AvgIpc) is 2.76. The van der Waals surface area contributed by atoms with Crippen molar-refractivity contribution in [1.29, 1.82) is 0 Å². The fourth-order valence-corrected chi connectivity index (χ4v) is 4.68. The zero-order valence-corrected chi connectivity index (χ0v) is 20.7. The van der Waals surface area contributed by atoms with Crippen molar-refractivity contribution in [2.45, 2.75) is 12.8 Å². The largest absolute Gasteiger partial charge is 0.504 e. The fraction of sp³-hybridized carbons (Fsp3) is 0.455. The van der Waals surface area contributed by atoms with Gasteiger partial charge >= 0.3 is 0 Å². The number of nitrogens with zero attached hydrogens (tertiary/aromatic N) is 2. The van der Waals surface area contributed by atoms with E-state index >= 15 is 0 Å². The second-order valence-electron chi connectivity index (χ2n) is 7.81. The number of anilines is 2. The van der Waals surface area contributed by atoms with Gasteiger partial charge in [0.15, 0.2) is 11.5 Å². The normalized spacial score (nSPS) is 15.1. The Kier molecular flexibility index (Phi) is 9.71. The van der Waals surface area contributed by atoms with E-state index in [4.69, 9.17) is 46.4 Å². The lowest BCUT2D eigenvalue weighted by Gasteiger charge is -2.34. The van der Waals surface area contributed by atoms with E-state index < -0.39 is 0 Å². The summed E-state index contributed by atoms with van der Waals surface area (Å²) in [6, 6.07) is 6.41. The molecular weight excluding hydrogens is 494 g/mol. The van der Waals surface area contributed by atoms with Crippen molar-refractivity contribution in [3.05, 3.63) is 44.4 Å². The second-order valence-corrected chi connectivity index (χ2v) is 9.50. The van der Waals surface area contributed by atoms with E-state index in [2.05, 4.69) is 20.4 Å². The summed E-state index contributed by atoms with van der Waals surface area (Å²) in [5.74, 6) is 0.0701. The van der Waals surface area contributed by atoms with Crippen molar-refractivity contribution in [3.63, 3.8) is 0 Å². The lowest BCUT2D eigenvalue weighted by molar-refractivity contribution is 0.132. The first-order chi connectivity index (χ1) is 15.3. The highest BCUT2D eigenvalue weighted by atomic mass is 35.5. The van der Waals surface area contributed by atoms with Crippen LogP contribution in [0.5, 0.6) is 11.5 Å². The van der Waals surface area contributed by atoms with Crippen molar-refractivity contribution < 1.29 is 10.2 Å². The van der Waals surface area contributed by atoms with Gasteiger partial charge in [0.2, 0.25) is 0 Å². The number of piperazine rings is 1. The minimum absolute atomic E-state index is 0.0350. The van der Waals surface area contributed by atoms with Gasteiger partial charge in [0.25, 0.3) is 0 Å². The smallest absolute Gasteiger partial charge is 0.157 e. The summed E-state index contributed by atoms with van der Waals surface area (Å²) in [5.41, 5.74) is 1.13. The molecule has 1 saturated heterocycles. The Balaban J connectivity index is 1.29. The summed E-state index contributed by atoms with van der Waals surface area (Å²) in [4.78, 5) is 4.90.